The maximum Gasteiger partial charge on any atom is 0.337 e. The van der Waals surface area contributed by atoms with Gasteiger partial charge in [-0.25, -0.2) is 4.79 Å². The quantitative estimate of drug-likeness (QED) is 0.743. The van der Waals surface area contributed by atoms with Crippen molar-refractivity contribution < 1.29 is 9.90 Å². The van der Waals surface area contributed by atoms with Gasteiger partial charge in [0.15, 0.2) is 11.5 Å². The third kappa shape index (κ3) is 1.62. The second-order valence-electron chi connectivity index (χ2n) is 3.84. The van der Waals surface area contributed by atoms with Crippen LogP contribution in [-0.4, -0.2) is 25.7 Å². The largest absolute Gasteiger partial charge is 0.478 e. The van der Waals surface area contributed by atoms with E-state index in [4.69, 9.17) is 5.11 Å². The van der Waals surface area contributed by atoms with Crippen LogP contribution in [0.4, 0.5) is 0 Å². The van der Waals surface area contributed by atoms with Crippen molar-refractivity contribution >= 4 is 11.6 Å². The van der Waals surface area contributed by atoms with Crippen LogP contribution in [0, 0.1) is 0 Å². The Hall–Kier alpha value is -2.69. The highest BCUT2D eigenvalue weighted by atomic mass is 16.4. The Kier molecular flexibility index (Phi) is 2.30. The smallest absolute Gasteiger partial charge is 0.337 e. The molecule has 3 rings (SSSR count). The van der Waals surface area contributed by atoms with Gasteiger partial charge >= 0.3 is 5.97 Å². The summed E-state index contributed by atoms with van der Waals surface area (Å²) in [6, 6.07) is 12.7. The summed E-state index contributed by atoms with van der Waals surface area (Å²) >= 11 is 0. The highest BCUT2D eigenvalue weighted by Gasteiger charge is 2.10. The van der Waals surface area contributed by atoms with Crippen LogP contribution in [0.15, 0.2) is 48.7 Å². The second kappa shape index (κ2) is 3.96. The lowest BCUT2D eigenvalue weighted by Crippen LogP contribution is -1.99. The van der Waals surface area contributed by atoms with E-state index in [9.17, 15) is 4.79 Å². The van der Waals surface area contributed by atoms with E-state index in [0.29, 0.717) is 11.5 Å². The Bertz CT molecular complexity index is 719. The Balaban J connectivity index is 2.24. The van der Waals surface area contributed by atoms with E-state index in [1.807, 2.05) is 30.3 Å². The van der Waals surface area contributed by atoms with Crippen LogP contribution in [0.25, 0.3) is 17.0 Å². The number of hydrogen-bond donors (Lipinski definition) is 1. The molecule has 0 unspecified atom stereocenters. The molecule has 1 N–H and O–H groups in total. The number of hydrogen-bond acceptors (Lipinski definition) is 3. The summed E-state index contributed by atoms with van der Waals surface area (Å²) < 4.78 is 1.68. The van der Waals surface area contributed by atoms with E-state index in [-0.39, 0.29) is 5.56 Å². The van der Waals surface area contributed by atoms with Gasteiger partial charge in [-0.2, -0.15) is 0 Å². The number of aromatic carboxylic acids is 1. The van der Waals surface area contributed by atoms with E-state index in [0.717, 1.165) is 5.56 Å². The fraction of sp³-hybridized carbons (Fsp3) is 0. The van der Waals surface area contributed by atoms with E-state index in [1.165, 1.54) is 12.3 Å². The molecule has 1 aromatic carbocycles. The molecule has 0 aliphatic rings. The highest BCUT2D eigenvalue weighted by molar-refractivity contribution is 5.87. The average Bonchev–Trinajstić information content (AvgIpc) is 2.82. The van der Waals surface area contributed by atoms with Gasteiger partial charge in [0.1, 0.15) is 0 Å². The zero-order valence-corrected chi connectivity index (χ0v) is 9.32. The summed E-state index contributed by atoms with van der Waals surface area (Å²) in [7, 11) is 0. The molecule has 3 aromatic rings. The fourth-order valence-electron chi connectivity index (χ4n) is 1.80. The average molecular weight is 239 g/mol. The summed E-state index contributed by atoms with van der Waals surface area (Å²) in [5.41, 5.74) is 1.73. The van der Waals surface area contributed by atoms with Gasteiger partial charge in [-0.1, -0.05) is 30.3 Å². The molecular formula is C13H9N3O2. The highest BCUT2D eigenvalue weighted by Crippen LogP contribution is 2.18. The molecular weight excluding hydrogens is 230 g/mol. The van der Waals surface area contributed by atoms with Gasteiger partial charge in [0.25, 0.3) is 0 Å². The predicted molar refractivity (Wildman–Crippen MR) is 65.4 cm³/mol. The molecule has 0 fully saturated rings. The number of carboxylic acid groups (broad SMARTS) is 1. The normalized spacial score (nSPS) is 10.7. The van der Waals surface area contributed by atoms with Gasteiger partial charge in [-0.05, 0) is 12.1 Å². The van der Waals surface area contributed by atoms with Crippen molar-refractivity contribution in [3.05, 3.63) is 54.2 Å². The Morgan fingerprint density at radius 2 is 1.83 bits per heavy atom. The molecule has 0 spiro atoms. The first-order valence-corrected chi connectivity index (χ1v) is 5.39. The first-order chi connectivity index (χ1) is 8.75. The molecule has 5 nitrogen and oxygen atoms in total. The van der Waals surface area contributed by atoms with Crippen molar-refractivity contribution in [2.75, 3.05) is 0 Å². The van der Waals surface area contributed by atoms with Crippen molar-refractivity contribution in [1.29, 1.82) is 0 Å². The number of benzene rings is 1. The number of carboxylic acids is 1. The minimum absolute atomic E-state index is 0.208. The second-order valence-corrected chi connectivity index (χ2v) is 3.84. The van der Waals surface area contributed by atoms with Crippen molar-refractivity contribution in [2.24, 2.45) is 0 Å². The Labute approximate surface area is 102 Å². The van der Waals surface area contributed by atoms with Crippen molar-refractivity contribution in [3.8, 4) is 11.4 Å². The van der Waals surface area contributed by atoms with Crippen molar-refractivity contribution in [3.63, 3.8) is 0 Å². The number of rotatable bonds is 2. The zero-order chi connectivity index (χ0) is 12.5. The van der Waals surface area contributed by atoms with Gasteiger partial charge in [0.05, 0.1) is 5.56 Å². The van der Waals surface area contributed by atoms with E-state index < -0.39 is 5.97 Å². The summed E-state index contributed by atoms with van der Waals surface area (Å²) in [5.74, 6) is -0.335. The molecule has 18 heavy (non-hydrogen) atoms. The van der Waals surface area contributed by atoms with E-state index in [2.05, 4.69) is 10.2 Å². The molecule has 0 amide bonds. The standard InChI is InChI=1S/C13H9N3O2/c17-13(18)10-6-7-11-14-15-12(16(11)8-10)9-4-2-1-3-5-9/h1-8H,(H,17,18). The summed E-state index contributed by atoms with van der Waals surface area (Å²) in [6.45, 7) is 0. The zero-order valence-electron chi connectivity index (χ0n) is 9.32. The monoisotopic (exact) mass is 239 g/mol. The van der Waals surface area contributed by atoms with E-state index in [1.54, 1.807) is 10.5 Å². The molecule has 0 aliphatic heterocycles. The molecule has 0 atom stereocenters. The molecule has 0 saturated heterocycles. The van der Waals surface area contributed by atoms with E-state index >= 15 is 0 Å². The summed E-state index contributed by atoms with van der Waals surface area (Å²) in [5, 5.41) is 17.1. The molecule has 0 saturated carbocycles. The lowest BCUT2D eigenvalue weighted by Gasteiger charge is -2.00. The third-order valence-corrected chi connectivity index (χ3v) is 2.68. The third-order valence-electron chi connectivity index (χ3n) is 2.68. The first-order valence-electron chi connectivity index (χ1n) is 5.39. The topological polar surface area (TPSA) is 67.5 Å². The van der Waals surface area contributed by atoms with Gasteiger partial charge < -0.3 is 5.11 Å². The number of nitrogens with zero attached hydrogens (tertiary/aromatic N) is 3. The minimum Gasteiger partial charge on any atom is -0.478 e. The molecule has 0 radical (unpaired) electrons. The van der Waals surface area contributed by atoms with Crippen molar-refractivity contribution in [2.45, 2.75) is 0 Å². The minimum atomic E-state index is -0.968. The molecule has 5 heteroatoms. The van der Waals surface area contributed by atoms with Crippen LogP contribution >= 0.6 is 0 Å². The summed E-state index contributed by atoms with van der Waals surface area (Å²) in [6.07, 6.45) is 1.53. The van der Waals surface area contributed by atoms with Crippen LogP contribution in [0.2, 0.25) is 0 Å². The molecule has 2 aromatic heterocycles. The molecule has 0 aliphatic carbocycles. The molecule has 2 heterocycles. The van der Waals surface area contributed by atoms with Gasteiger partial charge in [0, 0.05) is 11.8 Å². The maximum absolute atomic E-state index is 11.0. The van der Waals surface area contributed by atoms with Crippen LogP contribution in [0.1, 0.15) is 10.4 Å². The number of pyridine rings is 1. The van der Waals surface area contributed by atoms with Crippen LogP contribution in [-0.2, 0) is 0 Å². The Morgan fingerprint density at radius 3 is 2.56 bits per heavy atom. The molecule has 0 bridgehead atoms. The molecule has 88 valence electrons. The van der Waals surface area contributed by atoms with Gasteiger partial charge in [-0.3, -0.25) is 4.40 Å². The van der Waals surface area contributed by atoms with Crippen LogP contribution in [0.5, 0.6) is 0 Å². The lowest BCUT2D eigenvalue weighted by molar-refractivity contribution is 0.0696. The summed E-state index contributed by atoms with van der Waals surface area (Å²) in [4.78, 5) is 11.0. The van der Waals surface area contributed by atoms with Crippen LogP contribution < -0.4 is 0 Å². The van der Waals surface area contributed by atoms with Gasteiger partial charge in [-0.15, -0.1) is 10.2 Å². The van der Waals surface area contributed by atoms with Crippen molar-refractivity contribution in [1.82, 2.24) is 14.6 Å². The van der Waals surface area contributed by atoms with Crippen LogP contribution in [0.3, 0.4) is 0 Å². The van der Waals surface area contributed by atoms with Gasteiger partial charge in [0.2, 0.25) is 0 Å². The SMILES string of the molecule is O=C(O)c1ccc2nnc(-c3ccccc3)n2c1. The number of aromatic nitrogens is 3. The number of fused-ring (bicyclic) bond motifs is 1. The lowest BCUT2D eigenvalue weighted by atomic mass is 10.2. The predicted octanol–water partition coefficient (Wildman–Crippen LogP) is 2.09. The fourth-order valence-corrected chi connectivity index (χ4v) is 1.80. The first kappa shape index (κ1) is 10.5. The maximum atomic E-state index is 11.0. The Morgan fingerprint density at radius 1 is 1.06 bits per heavy atom. The number of carbonyl (C=O) groups is 1.